The lowest BCUT2D eigenvalue weighted by molar-refractivity contribution is -0.150. The first-order valence-electron chi connectivity index (χ1n) is 6.38. The van der Waals surface area contributed by atoms with Crippen molar-refractivity contribution in [2.24, 2.45) is 15.7 Å². The quantitative estimate of drug-likeness (QED) is 0.597. The number of nitrogens with zero attached hydrogens (tertiary/aromatic N) is 4. The first-order chi connectivity index (χ1) is 9.54. The lowest BCUT2D eigenvalue weighted by atomic mass is 10.1. The Morgan fingerprint density at radius 3 is 2.75 bits per heavy atom. The molecule has 9 heteroatoms. The molecule has 108 valence electrons. The third-order valence-electron chi connectivity index (χ3n) is 3.67. The number of morpholine rings is 1. The third-order valence-corrected chi connectivity index (χ3v) is 3.67. The Balaban J connectivity index is 2.00. The number of ether oxygens (including phenoxy) is 1. The van der Waals surface area contributed by atoms with Gasteiger partial charge < -0.3 is 20.5 Å². The Bertz CT molecular complexity index is 525. The average Bonchev–Trinajstić information content (AvgIpc) is 2.79. The van der Waals surface area contributed by atoms with Crippen LogP contribution in [0.4, 0.5) is 0 Å². The van der Waals surface area contributed by atoms with Crippen LogP contribution in [0.3, 0.4) is 0 Å². The van der Waals surface area contributed by atoms with Crippen LogP contribution in [0.25, 0.3) is 0 Å². The van der Waals surface area contributed by atoms with Gasteiger partial charge in [0.1, 0.15) is 0 Å². The molecule has 3 heterocycles. The molecule has 0 saturated carbocycles. The number of hydrogen-bond acceptors (Lipinski definition) is 7. The number of amides is 1. The molecule has 1 unspecified atom stereocenters. The molecule has 0 aromatic carbocycles. The van der Waals surface area contributed by atoms with Crippen LogP contribution in [-0.2, 0) is 14.3 Å². The van der Waals surface area contributed by atoms with E-state index in [-0.39, 0.29) is 30.7 Å². The number of carboxylic acids is 1. The fourth-order valence-electron chi connectivity index (χ4n) is 2.63. The number of hydrogen-bond donors (Lipinski definition) is 2. The zero-order chi connectivity index (χ0) is 14.3. The van der Waals surface area contributed by atoms with Gasteiger partial charge in [-0.2, -0.15) is 4.99 Å². The van der Waals surface area contributed by atoms with Crippen LogP contribution in [-0.4, -0.2) is 70.7 Å². The predicted molar refractivity (Wildman–Crippen MR) is 67.9 cm³/mol. The molecule has 0 radical (unpaired) electrons. The molecule has 9 nitrogen and oxygen atoms in total. The molecular formula is C11H15N5O4. The van der Waals surface area contributed by atoms with Gasteiger partial charge in [0.25, 0.3) is 0 Å². The number of carbonyl (C=O) groups excluding carboxylic acids is 1. The minimum Gasteiger partial charge on any atom is -0.478 e. The second kappa shape index (κ2) is 4.44. The topological polar surface area (TPSA) is 121 Å². The molecule has 1 atom stereocenters. The van der Waals surface area contributed by atoms with Crippen molar-refractivity contribution in [3.63, 3.8) is 0 Å². The molecule has 3 rings (SSSR count). The van der Waals surface area contributed by atoms with Crippen molar-refractivity contribution < 1.29 is 19.4 Å². The standard InChI is InChI=1S/C11H15N5O4/c12-9-13-10(15-3-5-20-6-4-15)14-11(8(18)19)2-1-7(17)16(9)11/h1-6H2,(H,18,19)(H2,12,13,14). The first-order valence-corrected chi connectivity index (χ1v) is 6.38. The van der Waals surface area contributed by atoms with E-state index in [0.29, 0.717) is 26.3 Å². The fraction of sp³-hybridized carbons (Fsp3) is 0.636. The van der Waals surface area contributed by atoms with Crippen molar-refractivity contribution in [2.75, 3.05) is 26.3 Å². The third kappa shape index (κ3) is 1.73. The van der Waals surface area contributed by atoms with Gasteiger partial charge in [-0.15, -0.1) is 0 Å². The molecule has 3 aliphatic heterocycles. The number of aliphatic imine (C=N–C) groups is 2. The van der Waals surface area contributed by atoms with Crippen LogP contribution in [0.5, 0.6) is 0 Å². The van der Waals surface area contributed by atoms with E-state index >= 15 is 0 Å². The Morgan fingerprint density at radius 1 is 1.40 bits per heavy atom. The molecule has 0 aliphatic carbocycles. The van der Waals surface area contributed by atoms with Gasteiger partial charge in [-0.25, -0.2) is 14.7 Å². The minimum atomic E-state index is -1.64. The van der Waals surface area contributed by atoms with Crippen molar-refractivity contribution in [2.45, 2.75) is 18.5 Å². The van der Waals surface area contributed by atoms with Crippen LogP contribution in [0.15, 0.2) is 9.98 Å². The maximum absolute atomic E-state index is 11.8. The Labute approximate surface area is 114 Å². The lowest BCUT2D eigenvalue weighted by Crippen LogP contribution is -2.60. The van der Waals surface area contributed by atoms with Crippen LogP contribution in [0.2, 0.25) is 0 Å². The molecule has 0 bridgehead atoms. The minimum absolute atomic E-state index is 0.0996. The maximum Gasteiger partial charge on any atom is 0.353 e. The SMILES string of the molecule is NC1=NC(N2CCOCC2)=NC2(C(=O)O)CCC(=O)N12. The average molecular weight is 281 g/mol. The van der Waals surface area contributed by atoms with Crippen molar-refractivity contribution in [3.05, 3.63) is 0 Å². The molecule has 2 saturated heterocycles. The largest absolute Gasteiger partial charge is 0.478 e. The maximum atomic E-state index is 11.8. The molecule has 0 aromatic rings. The molecule has 1 amide bonds. The zero-order valence-electron chi connectivity index (χ0n) is 10.8. The van der Waals surface area contributed by atoms with Gasteiger partial charge in [0.15, 0.2) is 0 Å². The van der Waals surface area contributed by atoms with E-state index in [2.05, 4.69) is 9.98 Å². The van der Waals surface area contributed by atoms with E-state index in [1.807, 2.05) is 4.90 Å². The number of carbonyl (C=O) groups is 2. The molecule has 0 spiro atoms. The Morgan fingerprint density at radius 2 is 2.10 bits per heavy atom. The summed E-state index contributed by atoms with van der Waals surface area (Å²) in [6.45, 7) is 2.19. The van der Waals surface area contributed by atoms with Crippen molar-refractivity contribution >= 4 is 23.8 Å². The zero-order valence-corrected chi connectivity index (χ0v) is 10.8. The van der Waals surface area contributed by atoms with Gasteiger partial charge in [0, 0.05) is 25.9 Å². The lowest BCUT2D eigenvalue weighted by Gasteiger charge is -2.37. The molecule has 2 fully saturated rings. The molecule has 3 N–H and O–H groups in total. The van der Waals surface area contributed by atoms with Crippen LogP contribution < -0.4 is 5.73 Å². The second-order valence-electron chi connectivity index (χ2n) is 4.83. The van der Waals surface area contributed by atoms with Crippen LogP contribution >= 0.6 is 0 Å². The molecule has 0 aromatic heterocycles. The van der Waals surface area contributed by atoms with E-state index in [1.54, 1.807) is 0 Å². The van der Waals surface area contributed by atoms with Gasteiger partial charge >= 0.3 is 5.97 Å². The summed E-state index contributed by atoms with van der Waals surface area (Å²) in [4.78, 5) is 34.5. The van der Waals surface area contributed by atoms with E-state index in [9.17, 15) is 14.7 Å². The number of aliphatic carboxylic acids is 1. The van der Waals surface area contributed by atoms with Gasteiger partial charge in [0.05, 0.1) is 13.2 Å². The summed E-state index contributed by atoms with van der Waals surface area (Å²) < 4.78 is 5.24. The summed E-state index contributed by atoms with van der Waals surface area (Å²) in [5.41, 5.74) is 4.14. The summed E-state index contributed by atoms with van der Waals surface area (Å²) in [6.07, 6.45) is 0.202. The number of guanidine groups is 2. The van der Waals surface area contributed by atoms with Gasteiger partial charge in [0.2, 0.25) is 23.5 Å². The predicted octanol–water partition coefficient (Wildman–Crippen LogP) is -1.59. The van der Waals surface area contributed by atoms with Crippen molar-refractivity contribution in [3.8, 4) is 0 Å². The normalized spacial score (nSPS) is 29.9. The van der Waals surface area contributed by atoms with Crippen molar-refractivity contribution in [1.29, 1.82) is 0 Å². The highest BCUT2D eigenvalue weighted by Gasteiger charge is 2.56. The summed E-state index contributed by atoms with van der Waals surface area (Å²) in [7, 11) is 0. The van der Waals surface area contributed by atoms with Gasteiger partial charge in [-0.1, -0.05) is 0 Å². The highest BCUT2D eigenvalue weighted by Crippen LogP contribution is 2.34. The van der Waals surface area contributed by atoms with E-state index in [1.165, 1.54) is 0 Å². The summed E-state index contributed by atoms with van der Waals surface area (Å²) in [5.74, 6) is -1.39. The number of nitrogens with two attached hydrogens (primary N) is 1. The van der Waals surface area contributed by atoms with E-state index < -0.39 is 11.6 Å². The highest BCUT2D eigenvalue weighted by atomic mass is 16.5. The van der Waals surface area contributed by atoms with E-state index in [0.717, 1.165) is 4.90 Å². The van der Waals surface area contributed by atoms with E-state index in [4.69, 9.17) is 10.5 Å². The highest BCUT2D eigenvalue weighted by molar-refractivity contribution is 6.10. The fourth-order valence-corrected chi connectivity index (χ4v) is 2.63. The van der Waals surface area contributed by atoms with Gasteiger partial charge in [-0.05, 0) is 0 Å². The van der Waals surface area contributed by atoms with Gasteiger partial charge in [-0.3, -0.25) is 4.79 Å². The van der Waals surface area contributed by atoms with Crippen molar-refractivity contribution in [1.82, 2.24) is 9.80 Å². The second-order valence-corrected chi connectivity index (χ2v) is 4.83. The Hall–Kier alpha value is -2.16. The van der Waals surface area contributed by atoms with Crippen LogP contribution in [0, 0.1) is 0 Å². The smallest absolute Gasteiger partial charge is 0.353 e. The number of carboxylic acid groups (broad SMARTS) is 1. The van der Waals surface area contributed by atoms with Crippen LogP contribution in [0.1, 0.15) is 12.8 Å². The summed E-state index contributed by atoms with van der Waals surface area (Å²) in [5, 5.41) is 9.50. The summed E-state index contributed by atoms with van der Waals surface area (Å²) in [6, 6.07) is 0. The molecular weight excluding hydrogens is 266 g/mol. The first kappa shape index (κ1) is 12.9. The Kier molecular flexibility index (Phi) is 2.85. The summed E-state index contributed by atoms with van der Waals surface area (Å²) >= 11 is 0. The number of rotatable bonds is 1. The number of fused-ring (bicyclic) bond motifs is 1. The monoisotopic (exact) mass is 281 g/mol. The molecule has 20 heavy (non-hydrogen) atoms. The molecule has 3 aliphatic rings.